The Morgan fingerprint density at radius 3 is 0.598 bits per heavy atom. The summed E-state index contributed by atoms with van der Waals surface area (Å²) in [6.07, 6.45) is -15.1. The van der Waals surface area contributed by atoms with Gasteiger partial charge in [0.2, 0.25) is 41.1 Å². The molecular formula is C76H52O46. The molecule has 25 N–H and O–H groups in total. The van der Waals surface area contributed by atoms with E-state index in [1.807, 2.05) is 0 Å². The van der Waals surface area contributed by atoms with E-state index in [1.165, 1.54) is 0 Å². The van der Waals surface area contributed by atoms with Crippen LogP contribution in [0.25, 0.3) is 0 Å². The second-order valence-corrected chi connectivity index (χ2v) is 25.1. The minimum atomic E-state index is -3.12. The number of benzene rings is 10. The van der Waals surface area contributed by atoms with Gasteiger partial charge in [0.15, 0.2) is 156 Å². The fraction of sp³-hybridized carbons (Fsp3) is 0.0789. The zero-order valence-electron chi connectivity index (χ0n) is 59.9. The van der Waals surface area contributed by atoms with Crippen molar-refractivity contribution >= 4 is 59.7 Å². The summed E-state index contributed by atoms with van der Waals surface area (Å²) < 4.78 is 60.4. The lowest BCUT2D eigenvalue weighted by Crippen LogP contribution is -2.63. The number of phenols is 25. The zero-order chi connectivity index (χ0) is 89.4. The van der Waals surface area contributed by atoms with Crippen LogP contribution in [0.2, 0.25) is 0 Å². The van der Waals surface area contributed by atoms with Crippen LogP contribution in [0.1, 0.15) is 104 Å². The van der Waals surface area contributed by atoms with E-state index in [2.05, 4.69) is 0 Å². The molecule has 1 aliphatic heterocycles. The third-order valence-electron chi connectivity index (χ3n) is 16.9. The summed E-state index contributed by atoms with van der Waals surface area (Å²) in [7, 11) is 0. The van der Waals surface area contributed by atoms with Crippen molar-refractivity contribution in [3.8, 4) is 172 Å². The van der Waals surface area contributed by atoms with Crippen molar-refractivity contribution in [3.05, 3.63) is 177 Å². The first-order valence-corrected chi connectivity index (χ1v) is 33.2. The molecule has 632 valence electrons. The van der Waals surface area contributed by atoms with Gasteiger partial charge in [-0.2, -0.15) is 0 Å². The van der Waals surface area contributed by atoms with E-state index in [9.17, 15) is 161 Å². The summed E-state index contributed by atoms with van der Waals surface area (Å²) in [6.45, 7) is -1.71. The Bertz CT molecular complexity index is 5970. The quantitative estimate of drug-likeness (QED) is 0.0198. The highest BCUT2D eigenvalue weighted by Crippen LogP contribution is 2.48. The second-order valence-electron chi connectivity index (χ2n) is 25.1. The SMILES string of the molecule is O=C(OC[C@@H]1O[C@H](OC(=O)c2cc(O)c(O)c(OC(=O)c3cc(O)c(O)c(O)c3)c2)[C@H](OC(=O)c2cc(O)c(O)c(OC(=O)c3cc(O)c(O)c(O)c3)c2)[C@@H](OC(=O)c2cc(O)c(O)c(OC(=O)c3cc(O)c(O)c(O)c3)c2)[C@H]1OC(=O)c1cc(O)c(O)c(OC(=O)c2cc(O)c(O)c(O)c2)c1)c1cc(O)c(O)c(OC(=O)c2cc(O)c(O)c(O)c2)c1. The fourth-order valence-electron chi connectivity index (χ4n) is 10.8. The molecule has 10 aromatic rings. The Balaban J connectivity index is 1.09. The largest absolute Gasteiger partial charge is 0.504 e. The molecule has 0 radical (unpaired) electrons. The van der Waals surface area contributed by atoms with Crippen LogP contribution in [0.4, 0.5) is 0 Å². The average molecular weight is 1700 g/mol. The lowest BCUT2D eigenvalue weighted by molar-refractivity contribution is -0.282. The monoisotopic (exact) mass is 1700 g/mol. The van der Waals surface area contributed by atoms with Gasteiger partial charge in [0.25, 0.3) is 0 Å². The molecule has 46 nitrogen and oxygen atoms in total. The highest BCUT2D eigenvalue weighted by Gasteiger charge is 2.55. The molecule has 0 spiro atoms. The number of hydrogen-bond acceptors (Lipinski definition) is 46. The summed E-state index contributed by atoms with van der Waals surface area (Å²) in [5.74, 6) is -56.0. The smallest absolute Gasteiger partial charge is 0.343 e. The van der Waals surface area contributed by atoms with E-state index in [0.29, 0.717) is 121 Å². The molecule has 46 heteroatoms. The number of carbonyl (C=O) groups excluding carboxylic acids is 10. The molecule has 122 heavy (non-hydrogen) atoms. The third-order valence-corrected chi connectivity index (χ3v) is 16.9. The van der Waals surface area contributed by atoms with E-state index in [0.717, 1.165) is 0 Å². The molecule has 0 saturated carbocycles. The number of hydrogen-bond donors (Lipinski definition) is 25. The molecule has 0 amide bonds. The molecule has 1 heterocycles. The van der Waals surface area contributed by atoms with Crippen LogP contribution < -0.4 is 23.7 Å². The minimum absolute atomic E-state index is 0.295. The summed E-state index contributed by atoms with van der Waals surface area (Å²) >= 11 is 0. The van der Waals surface area contributed by atoms with Crippen molar-refractivity contribution < 1.29 is 228 Å². The Morgan fingerprint density at radius 2 is 0.377 bits per heavy atom. The standard InChI is InChI=1S/C76H52O46/c77-32-1-22(2-33(78)53(32)92)67(103)113-47-16-27(11-42(87)58(47)97)66(102)112-21-52-63(119-72(108)28-12-43(88)59(98)48(17-28)114-68(104)23-3-34(79)54(93)35(80)4-23)64(120-73(109)29-13-44(89)60(99)49(18-29)115-69(105)24-5-36(81)55(94)37(82)6-24)65(121-74(110)30-14-45(90)61(100)50(19-30)116-70(106)25-7-38(83)56(95)39(84)8-25)76(118-52)122-75(111)31-15-46(91)62(101)51(20-31)117-71(107)26-9-40(85)57(96)41(86)10-26/h1-20,52,63-65,76-101H,21H2/t52-,63-,64-,65+,76+/m0/s1. The van der Waals surface area contributed by atoms with Crippen LogP contribution in [-0.2, 0) is 28.4 Å². The van der Waals surface area contributed by atoms with Crippen LogP contribution in [0.3, 0.4) is 0 Å². The lowest BCUT2D eigenvalue weighted by atomic mass is 9.97. The number of esters is 10. The topological polar surface area (TPSA) is 778 Å². The maximum absolute atomic E-state index is 15.3. The first-order valence-electron chi connectivity index (χ1n) is 33.2. The van der Waals surface area contributed by atoms with E-state index in [4.69, 9.17) is 52.1 Å². The molecule has 11 rings (SSSR count). The number of ether oxygens (including phenoxy) is 11. The van der Waals surface area contributed by atoms with Gasteiger partial charge < -0.3 is 180 Å². The first-order chi connectivity index (χ1) is 57.4. The van der Waals surface area contributed by atoms with Crippen molar-refractivity contribution in [2.24, 2.45) is 0 Å². The van der Waals surface area contributed by atoms with Gasteiger partial charge in [-0.25, -0.2) is 47.9 Å². The Morgan fingerprint density at radius 1 is 0.205 bits per heavy atom. The third kappa shape index (κ3) is 17.6. The van der Waals surface area contributed by atoms with Crippen LogP contribution in [0.5, 0.6) is 172 Å². The van der Waals surface area contributed by atoms with Gasteiger partial charge in [-0.05, 0) is 121 Å². The summed E-state index contributed by atoms with van der Waals surface area (Å²) in [5.41, 5.74) is -9.89. The van der Waals surface area contributed by atoms with Crippen LogP contribution in [0, 0.1) is 0 Å². The van der Waals surface area contributed by atoms with E-state index in [-0.39, 0.29) is 0 Å². The Hall–Kier alpha value is -18.1. The predicted molar refractivity (Wildman–Crippen MR) is 383 cm³/mol. The van der Waals surface area contributed by atoms with Crippen LogP contribution >= 0.6 is 0 Å². The summed E-state index contributed by atoms with van der Waals surface area (Å²) in [4.78, 5) is 142. The van der Waals surface area contributed by atoms with Gasteiger partial charge in [-0.1, -0.05) is 0 Å². The molecule has 0 aromatic heterocycles. The average Bonchev–Trinajstić information content (AvgIpc) is 0.764. The normalized spacial score (nSPS) is 14.6. The summed E-state index contributed by atoms with van der Waals surface area (Å²) in [5, 5.41) is 261. The van der Waals surface area contributed by atoms with E-state index < -0.39 is 325 Å². The molecular weight excluding hydrogens is 1650 g/mol. The lowest BCUT2D eigenvalue weighted by Gasteiger charge is -2.43. The molecule has 0 bridgehead atoms. The number of carbonyl (C=O) groups is 10. The molecule has 1 saturated heterocycles. The number of rotatable bonds is 21. The van der Waals surface area contributed by atoms with Gasteiger partial charge in [0.1, 0.15) is 12.7 Å². The molecule has 5 atom stereocenters. The van der Waals surface area contributed by atoms with Crippen LogP contribution in [-0.4, -0.2) is 225 Å². The van der Waals surface area contributed by atoms with Crippen molar-refractivity contribution in [3.63, 3.8) is 0 Å². The summed E-state index contributed by atoms with van der Waals surface area (Å²) in [6, 6.07) is 8.56. The number of phenolic OH excluding ortho intramolecular Hbond substituents is 25. The molecule has 1 fully saturated rings. The molecule has 0 aliphatic carbocycles. The maximum Gasteiger partial charge on any atom is 0.343 e. The first kappa shape index (κ1) is 84.8. The van der Waals surface area contributed by atoms with E-state index in [1.54, 1.807) is 0 Å². The molecule has 0 unspecified atom stereocenters. The van der Waals surface area contributed by atoms with Crippen molar-refractivity contribution in [1.82, 2.24) is 0 Å². The van der Waals surface area contributed by atoms with Gasteiger partial charge in [0.05, 0.1) is 55.6 Å². The highest BCUT2D eigenvalue weighted by atomic mass is 16.8. The van der Waals surface area contributed by atoms with Gasteiger partial charge in [0, 0.05) is 0 Å². The predicted octanol–water partition coefficient (Wildman–Crippen LogP) is 4.84. The number of aromatic hydroxyl groups is 25. The minimum Gasteiger partial charge on any atom is -0.504 e. The Labute approximate surface area is 671 Å². The zero-order valence-corrected chi connectivity index (χ0v) is 59.9. The molecule has 10 aromatic carbocycles. The van der Waals surface area contributed by atoms with Crippen molar-refractivity contribution in [2.75, 3.05) is 6.61 Å². The molecule has 1 aliphatic rings. The maximum atomic E-state index is 15.3. The van der Waals surface area contributed by atoms with Crippen molar-refractivity contribution in [1.29, 1.82) is 0 Å². The fourth-order valence-corrected chi connectivity index (χ4v) is 10.8. The second kappa shape index (κ2) is 33.4. The van der Waals surface area contributed by atoms with Gasteiger partial charge in [-0.3, -0.25) is 0 Å². The van der Waals surface area contributed by atoms with Crippen molar-refractivity contribution in [2.45, 2.75) is 30.7 Å². The van der Waals surface area contributed by atoms with Crippen LogP contribution in [0.15, 0.2) is 121 Å². The van der Waals surface area contributed by atoms with Gasteiger partial charge >= 0.3 is 59.7 Å². The van der Waals surface area contributed by atoms with Gasteiger partial charge in [-0.15, -0.1) is 0 Å². The Kier molecular flexibility index (Phi) is 23.2. The van der Waals surface area contributed by atoms with E-state index >= 15 is 14.4 Å². The highest BCUT2D eigenvalue weighted by molar-refractivity contribution is 6.00.